The van der Waals surface area contributed by atoms with Gasteiger partial charge >= 0.3 is 15.2 Å². The predicted octanol–water partition coefficient (Wildman–Crippen LogP) is 2.99. The third kappa shape index (κ3) is 5.03. The molecule has 0 fully saturated rings. The summed E-state index contributed by atoms with van der Waals surface area (Å²) in [6.45, 7) is -0.487. The zero-order valence-electron chi connectivity index (χ0n) is 14.7. The van der Waals surface area contributed by atoms with Crippen LogP contribution in [0.15, 0.2) is 79.1 Å². The molecule has 0 aliphatic rings. The van der Waals surface area contributed by atoms with E-state index in [0.29, 0.717) is 0 Å². The van der Waals surface area contributed by atoms with Crippen molar-refractivity contribution in [2.24, 2.45) is 0 Å². The maximum atomic E-state index is 11.4. The lowest BCUT2D eigenvalue weighted by molar-refractivity contribution is -0.694. The smallest absolute Gasteiger partial charge is 0.324 e. The molecule has 4 N–H and O–H groups in total. The van der Waals surface area contributed by atoms with Crippen molar-refractivity contribution in [3.8, 4) is 22.3 Å². The number of pyridine rings is 1. The molecule has 3 rings (SSSR count). The van der Waals surface area contributed by atoms with Gasteiger partial charge in [0.2, 0.25) is 5.40 Å². The molecule has 0 atom stereocenters. The normalized spacial score (nSPS) is 12.3. The molecule has 2 aromatic carbocycles. The lowest BCUT2D eigenvalue weighted by Gasteiger charge is -2.16. The van der Waals surface area contributed by atoms with Crippen molar-refractivity contribution in [1.29, 1.82) is 0 Å². The number of rotatable bonds is 6. The standard InChI is InChI=1S/C19H19NO6P2/c21-27(22,23)19(28(24,25)26)14-20-11-9-16(10-12-20)18-8-4-7-17(13-18)15-5-2-1-3-6-15/h1-13,19H,14H2,(H3-,21,22,23,24,25,26)/p+1. The topological polar surface area (TPSA) is 119 Å². The zero-order chi connectivity index (χ0) is 20.4. The van der Waals surface area contributed by atoms with Crippen LogP contribution in [0.3, 0.4) is 0 Å². The van der Waals surface area contributed by atoms with Crippen molar-refractivity contribution < 1.29 is 33.3 Å². The number of benzene rings is 2. The predicted molar refractivity (Wildman–Crippen MR) is 105 cm³/mol. The molecule has 0 spiro atoms. The lowest BCUT2D eigenvalue weighted by atomic mass is 10.00. The van der Waals surface area contributed by atoms with Gasteiger partial charge in [-0.05, 0) is 28.3 Å². The quantitative estimate of drug-likeness (QED) is 0.360. The van der Waals surface area contributed by atoms with E-state index in [9.17, 15) is 28.7 Å². The first kappa shape index (κ1) is 20.6. The van der Waals surface area contributed by atoms with Gasteiger partial charge in [-0.3, -0.25) is 9.13 Å². The molecule has 7 nitrogen and oxygen atoms in total. The van der Waals surface area contributed by atoms with Crippen LogP contribution in [0, 0.1) is 0 Å². The van der Waals surface area contributed by atoms with E-state index in [2.05, 4.69) is 0 Å². The molecule has 0 saturated heterocycles. The molecule has 9 heteroatoms. The van der Waals surface area contributed by atoms with Crippen molar-refractivity contribution in [2.45, 2.75) is 11.9 Å². The molecule has 1 aromatic heterocycles. The SMILES string of the molecule is O=P(O)(O)C(C[n+]1ccc(-c2cccc(-c3ccccc3)c2)cc1)P(=O)(O)O. The maximum absolute atomic E-state index is 11.4. The van der Waals surface area contributed by atoms with Gasteiger partial charge in [0.05, 0.1) is 0 Å². The summed E-state index contributed by atoms with van der Waals surface area (Å²) in [5.41, 5.74) is 3.97. The van der Waals surface area contributed by atoms with E-state index in [0.717, 1.165) is 22.3 Å². The summed E-state index contributed by atoms with van der Waals surface area (Å²) < 4.78 is 24.2. The Morgan fingerprint density at radius 2 is 1.14 bits per heavy atom. The van der Waals surface area contributed by atoms with Crippen LogP contribution in [0.1, 0.15) is 0 Å². The Morgan fingerprint density at radius 1 is 0.679 bits per heavy atom. The van der Waals surface area contributed by atoms with Gasteiger partial charge in [-0.2, -0.15) is 0 Å². The molecular weight excluding hydrogens is 400 g/mol. The lowest BCUT2D eigenvalue weighted by Crippen LogP contribution is -2.39. The fourth-order valence-corrected chi connectivity index (χ4v) is 5.25. The van der Waals surface area contributed by atoms with Crippen molar-refractivity contribution in [3.05, 3.63) is 79.1 Å². The molecular formula is C19H20NO6P2+. The molecule has 0 aliphatic carbocycles. The van der Waals surface area contributed by atoms with Crippen LogP contribution in [0.2, 0.25) is 0 Å². The molecule has 0 radical (unpaired) electrons. The van der Waals surface area contributed by atoms with Gasteiger partial charge < -0.3 is 19.6 Å². The Hall–Kier alpha value is -2.11. The average molecular weight is 420 g/mol. The Bertz CT molecular complexity index is 1020. The Kier molecular flexibility index (Phi) is 5.96. The first-order valence-electron chi connectivity index (χ1n) is 8.40. The molecule has 28 heavy (non-hydrogen) atoms. The molecule has 0 amide bonds. The summed E-state index contributed by atoms with van der Waals surface area (Å²) in [4.78, 5) is 37.0. The molecule has 146 valence electrons. The van der Waals surface area contributed by atoms with Gasteiger partial charge in [-0.25, -0.2) is 4.57 Å². The second kappa shape index (κ2) is 8.10. The van der Waals surface area contributed by atoms with Gasteiger partial charge in [0, 0.05) is 12.1 Å². The van der Waals surface area contributed by atoms with E-state index in [1.165, 1.54) is 4.57 Å². The molecule has 0 saturated carbocycles. The second-order valence-corrected chi connectivity index (χ2v) is 10.4. The number of hydrogen-bond acceptors (Lipinski definition) is 2. The molecule has 0 unspecified atom stereocenters. The van der Waals surface area contributed by atoms with Crippen LogP contribution in [-0.2, 0) is 15.7 Å². The van der Waals surface area contributed by atoms with Crippen molar-refractivity contribution in [1.82, 2.24) is 0 Å². The van der Waals surface area contributed by atoms with Crippen LogP contribution in [0.25, 0.3) is 22.3 Å². The van der Waals surface area contributed by atoms with E-state index < -0.39 is 27.1 Å². The Labute approximate surface area is 162 Å². The minimum absolute atomic E-state index is 0.487. The van der Waals surface area contributed by atoms with Crippen LogP contribution >= 0.6 is 15.2 Å². The minimum Gasteiger partial charge on any atom is -0.324 e. The second-order valence-electron chi connectivity index (χ2n) is 6.39. The molecule has 1 heterocycles. The third-order valence-corrected chi connectivity index (χ3v) is 8.03. The molecule has 3 aromatic rings. The van der Waals surface area contributed by atoms with Gasteiger partial charge in [0.25, 0.3) is 0 Å². The Morgan fingerprint density at radius 3 is 1.64 bits per heavy atom. The van der Waals surface area contributed by atoms with E-state index >= 15 is 0 Å². The monoisotopic (exact) mass is 420 g/mol. The van der Waals surface area contributed by atoms with Crippen LogP contribution < -0.4 is 4.57 Å². The maximum Gasteiger partial charge on any atom is 0.347 e. The van der Waals surface area contributed by atoms with E-state index in [4.69, 9.17) is 0 Å². The summed E-state index contributed by atoms with van der Waals surface area (Å²) in [5.74, 6) is 0. The summed E-state index contributed by atoms with van der Waals surface area (Å²) in [5, 5.41) is -2.07. The Balaban J connectivity index is 1.85. The first-order chi connectivity index (χ1) is 13.1. The van der Waals surface area contributed by atoms with Crippen molar-refractivity contribution >= 4 is 15.2 Å². The van der Waals surface area contributed by atoms with Gasteiger partial charge in [0.15, 0.2) is 18.9 Å². The summed E-state index contributed by atoms with van der Waals surface area (Å²) in [6, 6.07) is 21.3. The summed E-state index contributed by atoms with van der Waals surface area (Å²) in [6.07, 6.45) is 3.09. The highest BCUT2D eigenvalue weighted by atomic mass is 31.2. The first-order valence-corrected chi connectivity index (χ1v) is 11.8. The third-order valence-electron chi connectivity index (χ3n) is 4.34. The highest BCUT2D eigenvalue weighted by Gasteiger charge is 2.46. The zero-order valence-corrected chi connectivity index (χ0v) is 16.5. The number of aromatic nitrogens is 1. The largest absolute Gasteiger partial charge is 0.347 e. The van der Waals surface area contributed by atoms with Crippen molar-refractivity contribution in [2.75, 3.05) is 0 Å². The van der Waals surface area contributed by atoms with E-state index in [1.54, 1.807) is 24.5 Å². The number of hydrogen-bond donors (Lipinski definition) is 4. The van der Waals surface area contributed by atoms with Gasteiger partial charge in [-0.15, -0.1) is 0 Å². The van der Waals surface area contributed by atoms with Crippen LogP contribution in [-0.4, -0.2) is 25.0 Å². The van der Waals surface area contributed by atoms with E-state index in [-0.39, 0.29) is 0 Å². The summed E-state index contributed by atoms with van der Waals surface area (Å²) in [7, 11) is -9.91. The van der Waals surface area contributed by atoms with Crippen molar-refractivity contribution in [3.63, 3.8) is 0 Å². The molecule has 0 aliphatic heterocycles. The minimum atomic E-state index is -4.96. The highest BCUT2D eigenvalue weighted by molar-refractivity contribution is 7.70. The average Bonchev–Trinajstić information content (AvgIpc) is 2.66. The van der Waals surface area contributed by atoms with E-state index in [1.807, 2.05) is 54.6 Å². The van der Waals surface area contributed by atoms with Gasteiger partial charge in [0.1, 0.15) is 0 Å². The van der Waals surface area contributed by atoms with Crippen LogP contribution in [0.4, 0.5) is 0 Å². The number of nitrogens with zero attached hydrogens (tertiary/aromatic N) is 1. The van der Waals surface area contributed by atoms with Crippen LogP contribution in [0.5, 0.6) is 0 Å². The highest BCUT2D eigenvalue weighted by Crippen LogP contribution is 2.59. The molecule has 0 bridgehead atoms. The summed E-state index contributed by atoms with van der Waals surface area (Å²) >= 11 is 0. The van der Waals surface area contributed by atoms with Gasteiger partial charge in [-0.1, -0.05) is 48.5 Å². The fraction of sp³-hybridized carbons (Fsp3) is 0.105. The fourth-order valence-electron chi connectivity index (χ4n) is 2.88.